The number of hydrogen-bond acceptors (Lipinski definition) is 2. The lowest BCUT2D eigenvalue weighted by atomic mass is 9.82. The van der Waals surface area contributed by atoms with Gasteiger partial charge in [0.1, 0.15) is 11.7 Å². The van der Waals surface area contributed by atoms with E-state index in [2.05, 4.69) is 6.92 Å². The van der Waals surface area contributed by atoms with Crippen LogP contribution >= 0.6 is 0 Å². The van der Waals surface area contributed by atoms with Crippen LogP contribution in [0.2, 0.25) is 0 Å². The van der Waals surface area contributed by atoms with Crippen LogP contribution in [0.5, 0.6) is 0 Å². The van der Waals surface area contributed by atoms with Crippen molar-refractivity contribution in [2.24, 2.45) is 11.8 Å². The van der Waals surface area contributed by atoms with E-state index in [0.29, 0.717) is 12.3 Å². The molecule has 1 aliphatic carbocycles. The summed E-state index contributed by atoms with van der Waals surface area (Å²) in [5.74, 6) is 0.395. The number of Topliss-reactive ketones (excluding diaryl/α,β-unsaturated/α-hetero) is 1. The maximum absolute atomic E-state index is 10.9. The van der Waals surface area contributed by atoms with Crippen molar-refractivity contribution in [3.8, 4) is 6.07 Å². The van der Waals surface area contributed by atoms with Crippen LogP contribution in [0.4, 0.5) is 0 Å². The molecular formula is C8H11NO. The number of carbonyl (C=O) groups is 1. The average molecular weight is 137 g/mol. The first kappa shape index (κ1) is 7.27. The lowest BCUT2D eigenvalue weighted by Gasteiger charge is -2.19. The van der Waals surface area contributed by atoms with E-state index in [1.807, 2.05) is 6.07 Å². The first-order valence-corrected chi connectivity index (χ1v) is 3.66. The van der Waals surface area contributed by atoms with E-state index in [4.69, 9.17) is 5.26 Å². The van der Waals surface area contributed by atoms with Gasteiger partial charge in [-0.15, -0.1) is 0 Å². The molecule has 0 saturated heterocycles. The second kappa shape index (κ2) is 2.83. The Bertz CT molecular complexity index is 180. The van der Waals surface area contributed by atoms with Crippen LogP contribution in [0.15, 0.2) is 0 Å². The van der Waals surface area contributed by atoms with Crippen molar-refractivity contribution >= 4 is 5.78 Å². The molecule has 0 spiro atoms. The molecule has 0 aromatic heterocycles. The van der Waals surface area contributed by atoms with Crippen molar-refractivity contribution in [2.75, 3.05) is 0 Å². The van der Waals surface area contributed by atoms with Gasteiger partial charge >= 0.3 is 0 Å². The SMILES string of the molecule is CC1CCC(=O)C(C#N)C1. The van der Waals surface area contributed by atoms with E-state index in [1.54, 1.807) is 0 Å². The van der Waals surface area contributed by atoms with Gasteiger partial charge in [-0.05, 0) is 18.8 Å². The van der Waals surface area contributed by atoms with E-state index >= 15 is 0 Å². The highest BCUT2D eigenvalue weighted by molar-refractivity contribution is 5.83. The number of nitrogens with zero attached hydrogens (tertiary/aromatic N) is 1. The summed E-state index contributed by atoms with van der Waals surface area (Å²) in [7, 11) is 0. The zero-order valence-corrected chi connectivity index (χ0v) is 6.13. The minimum Gasteiger partial charge on any atom is -0.298 e. The Balaban J connectivity index is 2.56. The average Bonchev–Trinajstić information content (AvgIpc) is 1.94. The molecular weight excluding hydrogens is 126 g/mol. The second-order valence-corrected chi connectivity index (χ2v) is 3.03. The molecule has 0 aliphatic heterocycles. The zero-order chi connectivity index (χ0) is 7.56. The van der Waals surface area contributed by atoms with E-state index in [9.17, 15) is 4.79 Å². The normalized spacial score (nSPS) is 33.4. The molecule has 2 nitrogen and oxygen atoms in total. The summed E-state index contributed by atoms with van der Waals surface area (Å²) in [6, 6.07) is 2.03. The van der Waals surface area contributed by atoms with Gasteiger partial charge in [0.25, 0.3) is 0 Å². The predicted octanol–water partition coefficient (Wildman–Crippen LogP) is 1.52. The van der Waals surface area contributed by atoms with Gasteiger partial charge in [0.15, 0.2) is 0 Å². The summed E-state index contributed by atoms with van der Waals surface area (Å²) >= 11 is 0. The second-order valence-electron chi connectivity index (χ2n) is 3.03. The first-order valence-electron chi connectivity index (χ1n) is 3.66. The molecule has 1 rings (SSSR count). The zero-order valence-electron chi connectivity index (χ0n) is 6.13. The monoisotopic (exact) mass is 137 g/mol. The van der Waals surface area contributed by atoms with Crippen LogP contribution in [0.25, 0.3) is 0 Å². The largest absolute Gasteiger partial charge is 0.298 e. The quantitative estimate of drug-likeness (QED) is 0.507. The summed E-state index contributed by atoms with van der Waals surface area (Å²) < 4.78 is 0. The van der Waals surface area contributed by atoms with Crippen molar-refractivity contribution in [3.05, 3.63) is 0 Å². The minimum atomic E-state index is -0.302. The highest BCUT2D eigenvalue weighted by atomic mass is 16.1. The summed E-state index contributed by atoms with van der Waals surface area (Å²) in [6.45, 7) is 2.09. The highest BCUT2D eigenvalue weighted by Gasteiger charge is 2.25. The van der Waals surface area contributed by atoms with Gasteiger partial charge in [-0.25, -0.2) is 0 Å². The molecule has 0 aromatic carbocycles. The van der Waals surface area contributed by atoms with Gasteiger partial charge in [-0.2, -0.15) is 5.26 Å². The molecule has 1 saturated carbocycles. The molecule has 10 heavy (non-hydrogen) atoms. The van der Waals surface area contributed by atoms with Gasteiger partial charge in [0.2, 0.25) is 0 Å². The van der Waals surface area contributed by atoms with Crippen LogP contribution in [0.1, 0.15) is 26.2 Å². The first-order chi connectivity index (χ1) is 4.74. The maximum Gasteiger partial charge on any atom is 0.150 e. The standard InChI is InChI=1S/C8H11NO/c1-6-2-3-8(10)7(4-6)5-9/h6-7H,2-4H2,1H3. The molecule has 1 aliphatic rings. The van der Waals surface area contributed by atoms with Gasteiger partial charge in [-0.3, -0.25) is 4.79 Å². The van der Waals surface area contributed by atoms with Crippen LogP contribution in [0.3, 0.4) is 0 Å². The maximum atomic E-state index is 10.9. The molecule has 0 heterocycles. The Morgan fingerprint density at radius 3 is 2.90 bits per heavy atom. The molecule has 2 atom stereocenters. The topological polar surface area (TPSA) is 40.9 Å². The van der Waals surface area contributed by atoms with Crippen molar-refractivity contribution < 1.29 is 4.79 Å². The van der Waals surface area contributed by atoms with Crippen molar-refractivity contribution in [1.82, 2.24) is 0 Å². The number of ketones is 1. The fourth-order valence-corrected chi connectivity index (χ4v) is 1.34. The molecule has 54 valence electrons. The third kappa shape index (κ3) is 1.36. The Labute approximate surface area is 60.8 Å². The van der Waals surface area contributed by atoms with Crippen LogP contribution in [0, 0.1) is 23.2 Å². The highest BCUT2D eigenvalue weighted by Crippen LogP contribution is 2.24. The Hall–Kier alpha value is -0.840. The fourth-order valence-electron chi connectivity index (χ4n) is 1.34. The number of nitriles is 1. The predicted molar refractivity (Wildman–Crippen MR) is 37.1 cm³/mol. The van der Waals surface area contributed by atoms with E-state index in [1.165, 1.54) is 0 Å². The smallest absolute Gasteiger partial charge is 0.150 e. The van der Waals surface area contributed by atoms with Gasteiger partial charge < -0.3 is 0 Å². The van der Waals surface area contributed by atoms with Gasteiger partial charge in [0, 0.05) is 6.42 Å². The Morgan fingerprint density at radius 2 is 2.40 bits per heavy atom. The summed E-state index contributed by atoms with van der Waals surface area (Å²) in [5.41, 5.74) is 0. The van der Waals surface area contributed by atoms with Crippen LogP contribution < -0.4 is 0 Å². The molecule has 0 aromatic rings. The fraction of sp³-hybridized carbons (Fsp3) is 0.750. The van der Waals surface area contributed by atoms with E-state index in [0.717, 1.165) is 12.8 Å². The number of rotatable bonds is 0. The molecule has 1 fully saturated rings. The molecule has 0 N–H and O–H groups in total. The Morgan fingerprint density at radius 1 is 1.70 bits per heavy atom. The molecule has 2 unspecified atom stereocenters. The van der Waals surface area contributed by atoms with Crippen molar-refractivity contribution in [3.63, 3.8) is 0 Å². The Kier molecular flexibility index (Phi) is 2.06. The minimum absolute atomic E-state index is 0.139. The lowest BCUT2D eigenvalue weighted by Crippen LogP contribution is -2.21. The summed E-state index contributed by atoms with van der Waals surface area (Å²) in [5, 5.41) is 8.51. The number of carbonyl (C=O) groups excluding carboxylic acids is 1. The van der Waals surface area contributed by atoms with Gasteiger partial charge in [0.05, 0.1) is 6.07 Å². The van der Waals surface area contributed by atoms with Crippen LogP contribution in [-0.2, 0) is 4.79 Å². The molecule has 0 bridgehead atoms. The third-order valence-electron chi connectivity index (χ3n) is 2.07. The van der Waals surface area contributed by atoms with Gasteiger partial charge in [-0.1, -0.05) is 6.92 Å². The third-order valence-corrected chi connectivity index (χ3v) is 2.07. The molecule has 0 amide bonds. The molecule has 0 radical (unpaired) electrons. The number of hydrogen-bond donors (Lipinski definition) is 0. The van der Waals surface area contributed by atoms with Crippen LogP contribution in [-0.4, -0.2) is 5.78 Å². The van der Waals surface area contributed by atoms with Crippen molar-refractivity contribution in [1.29, 1.82) is 5.26 Å². The van der Waals surface area contributed by atoms with E-state index < -0.39 is 0 Å². The summed E-state index contributed by atoms with van der Waals surface area (Å²) in [4.78, 5) is 10.9. The van der Waals surface area contributed by atoms with E-state index in [-0.39, 0.29) is 11.7 Å². The van der Waals surface area contributed by atoms with Crippen molar-refractivity contribution in [2.45, 2.75) is 26.2 Å². The molecule has 2 heteroatoms. The summed E-state index contributed by atoms with van der Waals surface area (Å²) in [6.07, 6.45) is 2.35. The lowest BCUT2D eigenvalue weighted by molar-refractivity contribution is -0.123.